The van der Waals surface area contributed by atoms with Crippen LogP contribution in [0.2, 0.25) is 0 Å². The summed E-state index contributed by atoms with van der Waals surface area (Å²) in [5, 5.41) is 15.6. The van der Waals surface area contributed by atoms with Crippen molar-refractivity contribution in [3.63, 3.8) is 0 Å². The van der Waals surface area contributed by atoms with E-state index in [0.717, 1.165) is 101 Å². The minimum absolute atomic E-state index is 0.111. The van der Waals surface area contributed by atoms with Crippen LogP contribution in [0.15, 0.2) is 152 Å². The van der Waals surface area contributed by atoms with Crippen molar-refractivity contribution in [2.75, 3.05) is 60.4 Å². The molecule has 0 radical (unpaired) electrons. The number of carboxylic acids is 1. The number of nitrogens with one attached hydrogen (secondary N) is 2. The van der Waals surface area contributed by atoms with Gasteiger partial charge in [0.2, 0.25) is 0 Å². The number of piperidine rings is 2. The van der Waals surface area contributed by atoms with Gasteiger partial charge in [-0.25, -0.2) is 43.1 Å². The van der Waals surface area contributed by atoms with Gasteiger partial charge in [-0.3, -0.25) is 24.7 Å². The smallest absolute Gasteiger partial charge is 0.409 e. The molecule has 4 atom stereocenters. The van der Waals surface area contributed by atoms with Crippen LogP contribution in [-0.2, 0) is 35.2 Å². The third-order valence-electron chi connectivity index (χ3n) is 17.5. The fraction of sp³-hybridized carbons (Fsp3) is 0.389. The number of anilines is 7. The summed E-state index contributed by atoms with van der Waals surface area (Å²) in [7, 11) is 2.80. The highest BCUT2D eigenvalue weighted by atomic mass is 79.9. The molecule has 14 rings (SSSR count). The van der Waals surface area contributed by atoms with Gasteiger partial charge in [-0.2, -0.15) is 13.2 Å². The lowest BCUT2D eigenvalue weighted by Gasteiger charge is -2.39. The zero-order chi connectivity index (χ0) is 70.6. The Kier molecular flexibility index (Phi) is 26.2. The van der Waals surface area contributed by atoms with E-state index in [9.17, 15) is 41.1 Å². The molecule has 1 amide bonds. The fourth-order valence-electron chi connectivity index (χ4n) is 12.4. The number of carbonyl (C=O) groups excluding carboxylic acids is 3. The number of alkyl halides is 5. The molecule has 4 unspecified atom stereocenters. The fourth-order valence-corrected chi connectivity index (χ4v) is 12.6. The number of benzene rings is 4. The van der Waals surface area contributed by atoms with Crippen LogP contribution in [0.25, 0.3) is 0 Å². The number of likely N-dealkylation sites (tertiary alicyclic amines) is 1. The minimum atomic E-state index is -4.43. The van der Waals surface area contributed by atoms with Crippen LogP contribution in [0, 0.1) is 0 Å². The van der Waals surface area contributed by atoms with Crippen LogP contribution >= 0.6 is 15.9 Å². The summed E-state index contributed by atoms with van der Waals surface area (Å²) >= 11 is 3.14. The molecule has 27 heteroatoms. The molecule has 0 spiro atoms. The largest absolute Gasteiger partial charge is 0.478 e. The number of hydrogen-bond acceptors (Lipinski definition) is 19. The number of halogens is 6. The Balaban J connectivity index is 0.000000147. The zero-order valence-corrected chi connectivity index (χ0v) is 57.3. The first-order valence-corrected chi connectivity index (χ1v) is 33.6. The molecule has 6 aliphatic heterocycles. The first kappa shape index (κ1) is 73.6. The number of fused-ring (bicyclic) bond motifs is 4. The Hall–Kier alpha value is -9.63. The standard InChI is InChI=1S/C20H20F4N4O.C16H17N3O2.C15H15N3O2.C12H15NO2.C5H10FN.C4H3BrN2/c21-15-5-9-27(10-6-15)19(29)14-1-3-16-13(11-14)2-4-17(20(22,23)24)28(16)18-12-25-7-8-26-18;1-11-3-4-12-9-13(16(20)21-2)5-6-14(12)19(11)15-10-17-7-8-18-15;1-10-2-3-11-8-12(15(19)20)4-5-13(11)18(10)14-9-16-6-7-17-14;1-8-3-4-9-7-10(12(14)15-2)5-6-11(9)13-8;6-5-1-3-7-4-2-5;5-4-3-6-1-2-7-4/h1,3,7-8,11-12,15,17H,2,4-6,9-10H2;5-11H,3-4H2,1-2H3;4-10H,2-3H2,1H3,(H,19,20);5-8,13H,3-4H2,1-2H3;5,7H,1-4H2;1-3H. The molecule has 0 aliphatic carbocycles. The maximum absolute atomic E-state index is 13.7. The summed E-state index contributed by atoms with van der Waals surface area (Å²) in [6.07, 6.45) is 21.3. The lowest BCUT2D eigenvalue weighted by Crippen LogP contribution is -2.46. The van der Waals surface area contributed by atoms with Crippen molar-refractivity contribution in [2.45, 2.75) is 141 Å². The van der Waals surface area contributed by atoms with Gasteiger partial charge in [-0.15, -0.1) is 0 Å². The second kappa shape index (κ2) is 35.2. The molecule has 10 heterocycles. The first-order chi connectivity index (χ1) is 47.7. The van der Waals surface area contributed by atoms with Gasteiger partial charge < -0.3 is 44.8 Å². The zero-order valence-electron chi connectivity index (χ0n) is 55.7. The summed E-state index contributed by atoms with van der Waals surface area (Å²) in [5.74, 6) is 0.0562. The van der Waals surface area contributed by atoms with E-state index in [2.05, 4.69) is 102 Å². The number of ether oxygens (including phenoxy) is 2. The molecule has 0 bridgehead atoms. The van der Waals surface area contributed by atoms with Crippen molar-refractivity contribution in [1.82, 2.24) is 50.1 Å². The van der Waals surface area contributed by atoms with Crippen LogP contribution in [0.1, 0.15) is 136 Å². The minimum Gasteiger partial charge on any atom is -0.478 e. The maximum Gasteiger partial charge on any atom is 0.409 e. The molecule has 2 saturated heterocycles. The number of amides is 1. The third kappa shape index (κ3) is 19.8. The molecule has 522 valence electrons. The van der Waals surface area contributed by atoms with Crippen molar-refractivity contribution < 1.29 is 55.7 Å². The molecule has 8 aromatic rings. The van der Waals surface area contributed by atoms with Crippen molar-refractivity contribution >= 4 is 79.9 Å². The number of carbonyl (C=O) groups is 4. The SMILES string of the molecule is Brc1cnccn1.CC1CCc2cc(C(=O)O)ccc2N1c1cnccn1.COC(=O)c1ccc2c(c1)CCC(C)N2.COC(=O)c1ccc2c(c1)CCC(C)N2c1cnccn1.FC1CCNCC1.O=C(c1ccc2c(c1)CCC(C(F)(F)F)N2c1cnccn1)N1CCC(F)CC1. The van der Waals surface area contributed by atoms with Crippen LogP contribution in [0.4, 0.5) is 62.2 Å². The number of methoxy groups -OCH3 is 2. The summed E-state index contributed by atoms with van der Waals surface area (Å²) in [6.45, 7) is 8.89. The molecule has 2 fully saturated rings. The van der Waals surface area contributed by atoms with Crippen molar-refractivity contribution in [3.05, 3.63) is 196 Å². The van der Waals surface area contributed by atoms with Crippen molar-refractivity contribution in [2.24, 2.45) is 0 Å². The van der Waals surface area contributed by atoms with E-state index in [0.29, 0.717) is 90.4 Å². The summed E-state index contributed by atoms with van der Waals surface area (Å²) in [5.41, 5.74) is 9.63. The van der Waals surface area contributed by atoms with Gasteiger partial charge in [0, 0.05) is 109 Å². The van der Waals surface area contributed by atoms with E-state index < -0.39 is 30.5 Å². The molecule has 21 nitrogen and oxygen atoms in total. The number of carboxylic acid groups (broad SMARTS) is 1. The predicted molar refractivity (Wildman–Crippen MR) is 370 cm³/mol. The van der Waals surface area contributed by atoms with Gasteiger partial charge in [-0.1, -0.05) is 0 Å². The summed E-state index contributed by atoms with van der Waals surface area (Å²) < 4.78 is 76.7. The van der Waals surface area contributed by atoms with Crippen LogP contribution in [-0.4, -0.2) is 157 Å². The molecule has 6 aliphatic rings. The van der Waals surface area contributed by atoms with Gasteiger partial charge in [0.1, 0.15) is 23.0 Å². The average Bonchev–Trinajstić information content (AvgIpc) is 0.788. The Morgan fingerprint density at radius 2 is 0.939 bits per heavy atom. The van der Waals surface area contributed by atoms with Crippen LogP contribution in [0.3, 0.4) is 0 Å². The number of hydrogen-bond donors (Lipinski definition) is 3. The van der Waals surface area contributed by atoms with Crippen molar-refractivity contribution in [1.29, 1.82) is 0 Å². The lowest BCUT2D eigenvalue weighted by atomic mass is 9.93. The number of esters is 2. The van der Waals surface area contributed by atoms with E-state index >= 15 is 0 Å². The Morgan fingerprint density at radius 1 is 0.515 bits per heavy atom. The molecular weight excluding hydrogens is 1350 g/mol. The van der Waals surface area contributed by atoms with E-state index in [1.807, 2.05) is 30.3 Å². The van der Waals surface area contributed by atoms with Crippen molar-refractivity contribution in [3.8, 4) is 0 Å². The number of aromatic nitrogens is 8. The Labute approximate surface area is 580 Å². The van der Waals surface area contributed by atoms with Gasteiger partial charge in [-0.05, 0) is 222 Å². The third-order valence-corrected chi connectivity index (χ3v) is 17.9. The second-order valence-corrected chi connectivity index (χ2v) is 25.2. The van der Waals surface area contributed by atoms with Gasteiger partial charge in [0.25, 0.3) is 5.91 Å². The Bertz CT molecular complexity index is 3960. The Morgan fingerprint density at radius 3 is 1.38 bits per heavy atom. The molecule has 0 saturated carbocycles. The monoisotopic (exact) mass is 1430 g/mol. The van der Waals surface area contributed by atoms with E-state index in [1.165, 1.54) is 50.5 Å². The number of rotatable bonds is 7. The molecule has 4 aromatic heterocycles. The van der Waals surface area contributed by atoms with Crippen LogP contribution < -0.4 is 25.3 Å². The lowest BCUT2D eigenvalue weighted by molar-refractivity contribution is -0.149. The maximum atomic E-state index is 13.7. The molecule has 3 N–H and O–H groups in total. The van der Waals surface area contributed by atoms with Gasteiger partial charge in [0.15, 0.2) is 17.5 Å². The quantitative estimate of drug-likeness (QED) is 0.0991. The summed E-state index contributed by atoms with van der Waals surface area (Å²) in [4.78, 5) is 86.4. The highest BCUT2D eigenvalue weighted by molar-refractivity contribution is 9.10. The summed E-state index contributed by atoms with van der Waals surface area (Å²) in [6, 6.07) is 20.8. The number of aromatic carboxylic acids is 1. The average molecular weight is 1430 g/mol. The van der Waals surface area contributed by atoms with Gasteiger partial charge in [0.05, 0.1) is 55.7 Å². The number of aryl methyl sites for hydroxylation is 4. The molecule has 4 aromatic carbocycles. The van der Waals surface area contributed by atoms with E-state index in [4.69, 9.17) is 9.84 Å². The van der Waals surface area contributed by atoms with E-state index in [1.54, 1.807) is 91.0 Å². The second-order valence-electron chi connectivity index (χ2n) is 24.4. The van der Waals surface area contributed by atoms with Gasteiger partial charge >= 0.3 is 24.1 Å². The molecular formula is C72H80BrF5N14O7. The first-order valence-electron chi connectivity index (χ1n) is 32.8. The van der Waals surface area contributed by atoms with E-state index in [-0.39, 0.29) is 36.5 Å². The molecule has 99 heavy (non-hydrogen) atoms. The predicted octanol–water partition coefficient (Wildman–Crippen LogP) is 13.6. The normalized spacial score (nSPS) is 18.5. The number of nitrogens with zero attached hydrogens (tertiary/aromatic N) is 12. The highest BCUT2D eigenvalue weighted by Crippen LogP contribution is 2.43. The van der Waals surface area contributed by atoms with Crippen LogP contribution in [0.5, 0.6) is 0 Å². The highest BCUT2D eigenvalue weighted by Gasteiger charge is 2.47. The topological polar surface area (TPSA) is 247 Å².